The van der Waals surface area contributed by atoms with Crippen molar-refractivity contribution < 1.29 is 18.3 Å². The minimum atomic E-state index is -3.29. The molecule has 0 aliphatic rings. The smallest absolute Gasteiger partial charge is 0.335 e. The quantitative estimate of drug-likeness (QED) is 0.830. The van der Waals surface area contributed by atoms with E-state index in [1.54, 1.807) is 13.8 Å². The average molecular weight is 228 g/mol. The summed E-state index contributed by atoms with van der Waals surface area (Å²) >= 11 is 0. The number of carboxylic acids is 1. The van der Waals surface area contributed by atoms with Gasteiger partial charge < -0.3 is 5.11 Å². The van der Waals surface area contributed by atoms with Gasteiger partial charge in [-0.25, -0.2) is 13.2 Å². The van der Waals surface area contributed by atoms with Gasteiger partial charge in [-0.15, -0.1) is 0 Å². The molecule has 0 aliphatic heterocycles. The molecule has 1 aromatic rings. The standard InChI is InChI=1S/C10H12O4S/c1-6-7(2)9(15(3,13)14)5-4-8(6)10(11)12/h4-5H,1-3H3,(H,11,12). The summed E-state index contributed by atoms with van der Waals surface area (Å²) in [6, 6.07) is 2.65. The number of carbonyl (C=O) groups is 1. The van der Waals surface area contributed by atoms with Crippen molar-refractivity contribution >= 4 is 15.8 Å². The molecule has 0 saturated heterocycles. The molecular formula is C10H12O4S. The first-order valence-electron chi connectivity index (χ1n) is 4.28. The first kappa shape index (κ1) is 11.7. The highest BCUT2D eigenvalue weighted by molar-refractivity contribution is 7.90. The molecule has 0 aliphatic carbocycles. The maximum Gasteiger partial charge on any atom is 0.335 e. The summed E-state index contributed by atoms with van der Waals surface area (Å²) in [7, 11) is -3.29. The van der Waals surface area contributed by atoms with Crippen molar-refractivity contribution in [1.29, 1.82) is 0 Å². The molecule has 0 bridgehead atoms. The Morgan fingerprint density at radius 2 is 1.73 bits per heavy atom. The first-order chi connectivity index (χ1) is 6.75. The molecule has 1 rings (SSSR count). The van der Waals surface area contributed by atoms with E-state index in [1.165, 1.54) is 12.1 Å². The summed E-state index contributed by atoms with van der Waals surface area (Å²) in [6.07, 6.45) is 1.11. The van der Waals surface area contributed by atoms with Gasteiger partial charge in [0.25, 0.3) is 0 Å². The Hall–Kier alpha value is -1.36. The van der Waals surface area contributed by atoms with Crippen molar-refractivity contribution in [1.82, 2.24) is 0 Å². The lowest BCUT2D eigenvalue weighted by atomic mass is 10.0. The topological polar surface area (TPSA) is 71.4 Å². The van der Waals surface area contributed by atoms with Crippen LogP contribution < -0.4 is 0 Å². The van der Waals surface area contributed by atoms with Gasteiger partial charge in [0.15, 0.2) is 9.84 Å². The van der Waals surface area contributed by atoms with Crippen molar-refractivity contribution in [2.45, 2.75) is 18.7 Å². The first-order valence-corrected chi connectivity index (χ1v) is 6.18. The van der Waals surface area contributed by atoms with Crippen LogP contribution in [0.25, 0.3) is 0 Å². The van der Waals surface area contributed by atoms with Gasteiger partial charge >= 0.3 is 5.97 Å². The Labute approximate surface area is 88.5 Å². The zero-order valence-electron chi connectivity index (χ0n) is 8.73. The van der Waals surface area contributed by atoms with Crippen LogP contribution in [0, 0.1) is 13.8 Å². The summed E-state index contributed by atoms with van der Waals surface area (Å²) in [5.74, 6) is -1.05. The summed E-state index contributed by atoms with van der Waals surface area (Å²) in [5, 5.41) is 8.83. The van der Waals surface area contributed by atoms with Crippen molar-refractivity contribution in [3.8, 4) is 0 Å². The molecule has 15 heavy (non-hydrogen) atoms. The Kier molecular flexibility index (Phi) is 2.86. The van der Waals surface area contributed by atoms with Crippen LogP contribution in [-0.4, -0.2) is 25.7 Å². The summed E-state index contributed by atoms with van der Waals surface area (Å²) in [6.45, 7) is 3.21. The fourth-order valence-electron chi connectivity index (χ4n) is 1.43. The fourth-order valence-corrected chi connectivity index (χ4v) is 2.45. The van der Waals surface area contributed by atoms with Gasteiger partial charge in [0.2, 0.25) is 0 Å². The Morgan fingerprint density at radius 1 is 1.20 bits per heavy atom. The number of sulfone groups is 1. The molecule has 0 spiro atoms. The summed E-state index contributed by atoms with van der Waals surface area (Å²) in [5.41, 5.74) is 1.13. The van der Waals surface area contributed by atoms with Gasteiger partial charge in [-0.05, 0) is 37.1 Å². The highest BCUT2D eigenvalue weighted by atomic mass is 32.2. The molecule has 82 valence electrons. The SMILES string of the molecule is Cc1c(C(=O)O)ccc(S(C)(=O)=O)c1C. The zero-order chi connectivity index (χ0) is 11.8. The van der Waals surface area contributed by atoms with Crippen molar-refractivity contribution in [3.05, 3.63) is 28.8 Å². The van der Waals surface area contributed by atoms with Gasteiger partial charge in [-0.3, -0.25) is 0 Å². The third-order valence-electron chi connectivity index (χ3n) is 2.37. The molecule has 0 aromatic heterocycles. The van der Waals surface area contributed by atoms with Crippen LogP contribution >= 0.6 is 0 Å². The van der Waals surface area contributed by atoms with Crippen LogP contribution in [0.3, 0.4) is 0 Å². The number of rotatable bonds is 2. The van der Waals surface area contributed by atoms with Crippen molar-refractivity contribution in [3.63, 3.8) is 0 Å². The molecule has 4 nitrogen and oxygen atoms in total. The molecule has 1 N–H and O–H groups in total. The Bertz CT molecular complexity index is 514. The van der Waals surface area contributed by atoms with Crippen molar-refractivity contribution in [2.24, 2.45) is 0 Å². The highest BCUT2D eigenvalue weighted by Crippen LogP contribution is 2.21. The summed E-state index contributed by atoms with van der Waals surface area (Å²) < 4.78 is 22.7. The van der Waals surface area contributed by atoms with Crippen LogP contribution in [0.1, 0.15) is 21.5 Å². The van der Waals surface area contributed by atoms with E-state index in [9.17, 15) is 13.2 Å². The number of hydrogen-bond donors (Lipinski definition) is 1. The van der Waals surface area contributed by atoms with Crippen molar-refractivity contribution in [2.75, 3.05) is 6.26 Å². The minimum Gasteiger partial charge on any atom is -0.478 e. The molecule has 0 fully saturated rings. The van der Waals surface area contributed by atoms with Crippen LogP contribution in [0.2, 0.25) is 0 Å². The molecule has 0 radical (unpaired) electrons. The maximum atomic E-state index is 11.3. The lowest BCUT2D eigenvalue weighted by molar-refractivity contribution is 0.0696. The molecule has 5 heteroatoms. The zero-order valence-corrected chi connectivity index (χ0v) is 9.55. The lowest BCUT2D eigenvalue weighted by Gasteiger charge is -2.09. The molecule has 1 aromatic carbocycles. The number of aromatic carboxylic acids is 1. The van der Waals surface area contributed by atoms with E-state index in [0.717, 1.165) is 6.26 Å². The molecule has 0 atom stereocenters. The summed E-state index contributed by atoms with van der Waals surface area (Å²) in [4.78, 5) is 11.0. The lowest BCUT2D eigenvalue weighted by Crippen LogP contribution is -2.06. The van der Waals surface area contributed by atoms with Gasteiger partial charge in [0, 0.05) is 6.26 Å². The van der Waals surface area contributed by atoms with Crippen LogP contribution in [0.15, 0.2) is 17.0 Å². The van der Waals surface area contributed by atoms with E-state index in [2.05, 4.69) is 0 Å². The largest absolute Gasteiger partial charge is 0.478 e. The molecular weight excluding hydrogens is 216 g/mol. The highest BCUT2D eigenvalue weighted by Gasteiger charge is 2.16. The van der Waals surface area contributed by atoms with E-state index in [0.29, 0.717) is 11.1 Å². The molecule has 0 heterocycles. The second-order valence-corrected chi connectivity index (χ2v) is 5.42. The van der Waals surface area contributed by atoms with Gasteiger partial charge in [0.05, 0.1) is 10.5 Å². The van der Waals surface area contributed by atoms with E-state index >= 15 is 0 Å². The third-order valence-corrected chi connectivity index (χ3v) is 3.61. The van der Waals surface area contributed by atoms with E-state index in [-0.39, 0.29) is 10.5 Å². The number of hydrogen-bond acceptors (Lipinski definition) is 3. The van der Waals surface area contributed by atoms with Gasteiger partial charge in [0.1, 0.15) is 0 Å². The Balaban J connectivity index is 3.55. The predicted octanol–water partition coefficient (Wildman–Crippen LogP) is 1.41. The monoisotopic (exact) mass is 228 g/mol. The maximum absolute atomic E-state index is 11.3. The van der Waals surface area contributed by atoms with E-state index < -0.39 is 15.8 Å². The minimum absolute atomic E-state index is 0.139. The van der Waals surface area contributed by atoms with E-state index in [1.807, 2.05) is 0 Å². The molecule has 0 saturated carbocycles. The van der Waals surface area contributed by atoms with E-state index in [4.69, 9.17) is 5.11 Å². The second-order valence-electron chi connectivity index (χ2n) is 3.44. The molecule has 0 unspecified atom stereocenters. The van der Waals surface area contributed by atoms with Gasteiger partial charge in [-0.2, -0.15) is 0 Å². The molecule has 0 amide bonds. The third kappa shape index (κ3) is 2.18. The predicted molar refractivity (Wildman–Crippen MR) is 56.0 cm³/mol. The normalized spacial score (nSPS) is 11.4. The van der Waals surface area contributed by atoms with Crippen LogP contribution in [-0.2, 0) is 9.84 Å². The van der Waals surface area contributed by atoms with Crippen LogP contribution in [0.4, 0.5) is 0 Å². The van der Waals surface area contributed by atoms with Gasteiger partial charge in [-0.1, -0.05) is 0 Å². The second kappa shape index (κ2) is 3.66. The number of carboxylic acid groups (broad SMARTS) is 1. The Morgan fingerprint density at radius 3 is 2.13 bits per heavy atom. The average Bonchev–Trinajstić information content (AvgIpc) is 2.06. The van der Waals surface area contributed by atoms with Crippen LogP contribution in [0.5, 0.6) is 0 Å². The fraction of sp³-hybridized carbons (Fsp3) is 0.300. The number of benzene rings is 1.